The maximum atomic E-state index is 3.89. The normalized spacial score (nSPS) is 22.4. The molecule has 0 amide bonds. The monoisotopic (exact) mass is 308 g/mol. The van der Waals surface area contributed by atoms with E-state index in [2.05, 4.69) is 84.7 Å². The average molecular weight is 308 g/mol. The molecule has 122 valence electrons. The summed E-state index contributed by atoms with van der Waals surface area (Å²) in [6.45, 7) is 6.89. The molecule has 0 bridgehead atoms. The first-order valence-electron chi connectivity index (χ1n) is 8.78. The molecule has 2 aromatic carbocycles. The topological polar surface area (TPSA) is 15.3 Å². The molecule has 0 aliphatic carbocycles. The molecule has 1 heterocycles. The van der Waals surface area contributed by atoms with Crippen LogP contribution in [0, 0.1) is 0 Å². The standard InChI is InChI=1S/C21H28N2/c1-17(2)23-15-20(13-18-9-5-3-6-10-18)22-21(16-23)14-19-11-7-4-8-12-19/h3-12,17,20-22H,13-16H2,1-2H3/t20-,21-/m0/s1. The highest BCUT2D eigenvalue weighted by atomic mass is 15.2. The van der Waals surface area contributed by atoms with Gasteiger partial charge in [0.25, 0.3) is 0 Å². The van der Waals surface area contributed by atoms with Crippen LogP contribution >= 0.6 is 0 Å². The van der Waals surface area contributed by atoms with Gasteiger partial charge in [-0.05, 0) is 37.8 Å². The Labute approximate surface area is 140 Å². The second kappa shape index (κ2) is 7.76. The lowest BCUT2D eigenvalue weighted by molar-refractivity contribution is 0.127. The Hall–Kier alpha value is -1.64. The summed E-state index contributed by atoms with van der Waals surface area (Å²) in [5, 5.41) is 3.89. The molecule has 3 rings (SSSR count). The molecule has 0 radical (unpaired) electrons. The number of benzene rings is 2. The van der Waals surface area contributed by atoms with Crippen molar-refractivity contribution in [2.45, 2.75) is 44.8 Å². The summed E-state index contributed by atoms with van der Waals surface area (Å²) in [4.78, 5) is 2.62. The Morgan fingerprint density at radius 2 is 1.26 bits per heavy atom. The first kappa shape index (κ1) is 16.2. The van der Waals surface area contributed by atoms with Crippen LogP contribution < -0.4 is 5.32 Å². The molecule has 2 heteroatoms. The van der Waals surface area contributed by atoms with Crippen LogP contribution in [0.1, 0.15) is 25.0 Å². The molecule has 0 unspecified atom stereocenters. The lowest BCUT2D eigenvalue weighted by Crippen LogP contribution is -2.59. The molecule has 1 aliphatic heterocycles. The first-order valence-corrected chi connectivity index (χ1v) is 8.78. The zero-order valence-corrected chi connectivity index (χ0v) is 14.3. The van der Waals surface area contributed by atoms with Crippen molar-refractivity contribution < 1.29 is 0 Å². The van der Waals surface area contributed by atoms with Crippen molar-refractivity contribution in [1.29, 1.82) is 0 Å². The van der Waals surface area contributed by atoms with E-state index < -0.39 is 0 Å². The van der Waals surface area contributed by atoms with Gasteiger partial charge in [-0.25, -0.2) is 0 Å². The SMILES string of the molecule is CC(C)N1C[C@H](Cc2ccccc2)N[C@@H](Cc2ccccc2)C1. The number of hydrogen-bond acceptors (Lipinski definition) is 2. The highest BCUT2D eigenvalue weighted by molar-refractivity contribution is 5.18. The van der Waals surface area contributed by atoms with E-state index in [1.165, 1.54) is 11.1 Å². The fraction of sp³-hybridized carbons (Fsp3) is 0.429. The van der Waals surface area contributed by atoms with E-state index in [1.807, 2.05) is 0 Å². The van der Waals surface area contributed by atoms with Gasteiger partial charge in [-0.1, -0.05) is 60.7 Å². The van der Waals surface area contributed by atoms with Gasteiger partial charge < -0.3 is 5.32 Å². The van der Waals surface area contributed by atoms with E-state index in [0.717, 1.165) is 25.9 Å². The van der Waals surface area contributed by atoms with Crippen LogP contribution in [0.5, 0.6) is 0 Å². The second-order valence-electron chi connectivity index (χ2n) is 6.99. The molecule has 23 heavy (non-hydrogen) atoms. The Kier molecular flexibility index (Phi) is 5.47. The second-order valence-corrected chi connectivity index (χ2v) is 6.99. The minimum absolute atomic E-state index is 0.530. The van der Waals surface area contributed by atoms with Crippen LogP contribution in [-0.2, 0) is 12.8 Å². The van der Waals surface area contributed by atoms with Gasteiger partial charge in [-0.15, -0.1) is 0 Å². The van der Waals surface area contributed by atoms with Gasteiger partial charge in [0, 0.05) is 31.2 Å². The molecular formula is C21H28N2. The van der Waals surface area contributed by atoms with E-state index in [-0.39, 0.29) is 0 Å². The van der Waals surface area contributed by atoms with Crippen molar-refractivity contribution in [1.82, 2.24) is 10.2 Å². The molecule has 1 aliphatic rings. The molecule has 1 N–H and O–H groups in total. The Morgan fingerprint density at radius 3 is 1.65 bits per heavy atom. The minimum Gasteiger partial charge on any atom is -0.308 e. The van der Waals surface area contributed by atoms with Gasteiger partial charge in [0.1, 0.15) is 0 Å². The summed E-state index contributed by atoms with van der Waals surface area (Å²) in [5.74, 6) is 0. The Balaban J connectivity index is 1.68. The van der Waals surface area contributed by atoms with Gasteiger partial charge in [0.2, 0.25) is 0 Å². The van der Waals surface area contributed by atoms with Crippen molar-refractivity contribution in [3.63, 3.8) is 0 Å². The highest BCUT2D eigenvalue weighted by Crippen LogP contribution is 2.15. The van der Waals surface area contributed by atoms with Gasteiger partial charge in [0.15, 0.2) is 0 Å². The van der Waals surface area contributed by atoms with Crippen molar-refractivity contribution >= 4 is 0 Å². The zero-order valence-electron chi connectivity index (χ0n) is 14.3. The van der Waals surface area contributed by atoms with E-state index in [9.17, 15) is 0 Å². The molecular weight excluding hydrogens is 280 g/mol. The summed E-state index contributed by atoms with van der Waals surface area (Å²) < 4.78 is 0. The molecule has 1 fully saturated rings. The fourth-order valence-corrected chi connectivity index (χ4v) is 3.55. The van der Waals surface area contributed by atoms with E-state index >= 15 is 0 Å². The Morgan fingerprint density at radius 1 is 0.826 bits per heavy atom. The number of hydrogen-bond donors (Lipinski definition) is 1. The summed E-state index contributed by atoms with van der Waals surface area (Å²) in [6, 6.07) is 23.4. The molecule has 2 aromatic rings. The van der Waals surface area contributed by atoms with E-state index in [4.69, 9.17) is 0 Å². The van der Waals surface area contributed by atoms with Crippen molar-refractivity contribution in [3.05, 3.63) is 71.8 Å². The summed E-state index contributed by atoms with van der Waals surface area (Å²) in [7, 11) is 0. The number of piperazine rings is 1. The molecule has 0 spiro atoms. The van der Waals surface area contributed by atoms with Crippen LogP contribution in [0.4, 0.5) is 0 Å². The van der Waals surface area contributed by atoms with Gasteiger partial charge in [0.05, 0.1) is 0 Å². The predicted molar refractivity (Wildman–Crippen MR) is 97.7 cm³/mol. The molecule has 0 aromatic heterocycles. The third kappa shape index (κ3) is 4.66. The minimum atomic E-state index is 0.530. The van der Waals surface area contributed by atoms with Crippen molar-refractivity contribution in [3.8, 4) is 0 Å². The highest BCUT2D eigenvalue weighted by Gasteiger charge is 2.27. The van der Waals surface area contributed by atoms with Gasteiger partial charge in [-0.2, -0.15) is 0 Å². The van der Waals surface area contributed by atoms with Crippen LogP contribution in [0.25, 0.3) is 0 Å². The fourth-order valence-electron chi connectivity index (χ4n) is 3.55. The molecule has 1 saturated heterocycles. The first-order chi connectivity index (χ1) is 11.2. The summed E-state index contributed by atoms with van der Waals surface area (Å²) in [6.07, 6.45) is 2.21. The smallest absolute Gasteiger partial charge is 0.0238 e. The van der Waals surface area contributed by atoms with E-state index in [1.54, 1.807) is 0 Å². The maximum absolute atomic E-state index is 3.89. The quantitative estimate of drug-likeness (QED) is 0.909. The largest absolute Gasteiger partial charge is 0.308 e. The van der Waals surface area contributed by atoms with Crippen molar-refractivity contribution in [2.24, 2.45) is 0 Å². The predicted octanol–water partition coefficient (Wildman–Crippen LogP) is 3.52. The number of nitrogens with zero attached hydrogens (tertiary/aromatic N) is 1. The van der Waals surface area contributed by atoms with Gasteiger partial charge >= 0.3 is 0 Å². The Bertz CT molecular complexity index is 530. The summed E-state index contributed by atoms with van der Waals surface area (Å²) in [5.41, 5.74) is 2.85. The lowest BCUT2D eigenvalue weighted by atomic mass is 9.97. The average Bonchev–Trinajstić information content (AvgIpc) is 2.56. The molecule has 2 atom stereocenters. The van der Waals surface area contributed by atoms with Crippen LogP contribution in [0.3, 0.4) is 0 Å². The number of rotatable bonds is 5. The summed E-state index contributed by atoms with van der Waals surface area (Å²) >= 11 is 0. The lowest BCUT2D eigenvalue weighted by Gasteiger charge is -2.41. The number of nitrogens with one attached hydrogen (secondary N) is 1. The zero-order chi connectivity index (χ0) is 16.1. The third-order valence-corrected chi connectivity index (χ3v) is 4.76. The van der Waals surface area contributed by atoms with Gasteiger partial charge in [-0.3, -0.25) is 4.90 Å². The maximum Gasteiger partial charge on any atom is 0.0238 e. The van der Waals surface area contributed by atoms with Crippen molar-refractivity contribution in [2.75, 3.05) is 13.1 Å². The molecule has 2 nitrogen and oxygen atoms in total. The third-order valence-electron chi connectivity index (χ3n) is 4.76. The van der Waals surface area contributed by atoms with Crippen LogP contribution in [-0.4, -0.2) is 36.1 Å². The molecule has 0 saturated carbocycles. The van der Waals surface area contributed by atoms with Crippen LogP contribution in [0.15, 0.2) is 60.7 Å². The van der Waals surface area contributed by atoms with E-state index in [0.29, 0.717) is 18.1 Å². The van der Waals surface area contributed by atoms with Crippen LogP contribution in [0.2, 0.25) is 0 Å².